The summed E-state index contributed by atoms with van der Waals surface area (Å²) >= 11 is 0. The number of aldehydes is 1. The smallest absolute Gasteiger partial charge is 0.166 e. The first-order valence-corrected chi connectivity index (χ1v) is 3.85. The Labute approximate surface area is 70.2 Å². The third kappa shape index (κ3) is 0.848. The standard InChI is InChI=1S/C10H9NO/c1-7-8-4-2-3-5-9(8)10(6-12)11-7/h2-6,11H,1H3. The van der Waals surface area contributed by atoms with Crippen LogP contribution in [0.5, 0.6) is 0 Å². The van der Waals surface area contributed by atoms with Crippen LogP contribution in [0.25, 0.3) is 10.8 Å². The molecule has 1 heterocycles. The van der Waals surface area contributed by atoms with E-state index in [2.05, 4.69) is 4.98 Å². The maximum atomic E-state index is 10.6. The van der Waals surface area contributed by atoms with Crippen molar-refractivity contribution >= 4 is 17.1 Å². The predicted octanol–water partition coefficient (Wildman–Crippen LogP) is 2.29. The van der Waals surface area contributed by atoms with Crippen LogP contribution in [-0.4, -0.2) is 11.3 Å². The fraction of sp³-hybridized carbons (Fsp3) is 0.100. The second kappa shape index (κ2) is 2.48. The number of aromatic nitrogens is 1. The molecule has 0 saturated carbocycles. The number of aryl methyl sites for hydroxylation is 1. The van der Waals surface area contributed by atoms with Gasteiger partial charge in [0.1, 0.15) is 0 Å². The Balaban J connectivity index is 2.91. The zero-order chi connectivity index (χ0) is 8.55. The van der Waals surface area contributed by atoms with Crippen molar-refractivity contribution in [3.8, 4) is 0 Å². The van der Waals surface area contributed by atoms with E-state index < -0.39 is 0 Å². The molecule has 2 heteroatoms. The number of rotatable bonds is 1. The highest BCUT2D eigenvalue weighted by Gasteiger charge is 2.03. The van der Waals surface area contributed by atoms with Gasteiger partial charge in [-0.2, -0.15) is 0 Å². The first kappa shape index (κ1) is 7.10. The van der Waals surface area contributed by atoms with E-state index in [1.807, 2.05) is 31.2 Å². The summed E-state index contributed by atoms with van der Waals surface area (Å²) in [5, 5.41) is 2.13. The minimum Gasteiger partial charge on any atom is -0.355 e. The monoisotopic (exact) mass is 159 g/mol. The Morgan fingerprint density at radius 3 is 2.58 bits per heavy atom. The molecule has 2 aromatic rings. The molecule has 0 atom stereocenters. The van der Waals surface area contributed by atoms with Gasteiger partial charge in [0.05, 0.1) is 5.69 Å². The summed E-state index contributed by atoms with van der Waals surface area (Å²) in [6.45, 7) is 1.97. The van der Waals surface area contributed by atoms with Gasteiger partial charge in [-0.05, 0) is 6.92 Å². The molecular weight excluding hydrogens is 150 g/mol. The van der Waals surface area contributed by atoms with Gasteiger partial charge in [-0.1, -0.05) is 24.3 Å². The highest BCUT2D eigenvalue weighted by atomic mass is 16.1. The van der Waals surface area contributed by atoms with Crippen LogP contribution >= 0.6 is 0 Å². The lowest BCUT2D eigenvalue weighted by Gasteiger charge is -1.87. The number of carbonyl (C=O) groups excluding carboxylic acids is 1. The third-order valence-electron chi connectivity index (χ3n) is 2.06. The van der Waals surface area contributed by atoms with Gasteiger partial charge in [0, 0.05) is 16.5 Å². The lowest BCUT2D eigenvalue weighted by atomic mass is 10.1. The van der Waals surface area contributed by atoms with Crippen molar-refractivity contribution in [2.24, 2.45) is 0 Å². The molecule has 0 fully saturated rings. The molecule has 0 aliphatic heterocycles. The first-order chi connectivity index (χ1) is 5.83. The lowest BCUT2D eigenvalue weighted by Crippen LogP contribution is -1.78. The minimum absolute atomic E-state index is 0.670. The largest absolute Gasteiger partial charge is 0.355 e. The van der Waals surface area contributed by atoms with Crippen LogP contribution < -0.4 is 0 Å². The van der Waals surface area contributed by atoms with E-state index in [0.717, 1.165) is 22.8 Å². The lowest BCUT2D eigenvalue weighted by molar-refractivity contribution is 0.112. The summed E-state index contributed by atoms with van der Waals surface area (Å²) in [7, 11) is 0. The van der Waals surface area contributed by atoms with Crippen LogP contribution in [0.3, 0.4) is 0 Å². The fourth-order valence-electron chi connectivity index (χ4n) is 1.47. The van der Waals surface area contributed by atoms with Gasteiger partial charge in [-0.3, -0.25) is 4.79 Å². The summed E-state index contributed by atoms with van der Waals surface area (Å²) in [5.74, 6) is 0. The van der Waals surface area contributed by atoms with E-state index >= 15 is 0 Å². The Bertz CT molecular complexity index is 428. The number of aromatic amines is 1. The number of nitrogens with one attached hydrogen (secondary N) is 1. The number of fused-ring (bicyclic) bond motifs is 1. The molecule has 0 radical (unpaired) electrons. The van der Waals surface area contributed by atoms with Crippen LogP contribution in [0.15, 0.2) is 24.3 Å². The summed E-state index contributed by atoms with van der Waals surface area (Å²) in [6, 6.07) is 7.86. The zero-order valence-electron chi connectivity index (χ0n) is 6.79. The van der Waals surface area contributed by atoms with Crippen molar-refractivity contribution in [3.63, 3.8) is 0 Å². The average Bonchev–Trinajstić information content (AvgIpc) is 2.44. The van der Waals surface area contributed by atoms with Gasteiger partial charge < -0.3 is 4.98 Å². The van der Waals surface area contributed by atoms with Gasteiger partial charge >= 0.3 is 0 Å². The fourth-order valence-corrected chi connectivity index (χ4v) is 1.47. The second-order valence-electron chi connectivity index (χ2n) is 2.83. The van der Waals surface area contributed by atoms with Crippen LogP contribution in [0, 0.1) is 6.92 Å². The van der Waals surface area contributed by atoms with Crippen LogP contribution in [0.2, 0.25) is 0 Å². The number of benzene rings is 1. The number of hydrogen-bond acceptors (Lipinski definition) is 1. The van der Waals surface area contributed by atoms with Crippen molar-refractivity contribution in [3.05, 3.63) is 35.7 Å². The molecule has 60 valence electrons. The Hall–Kier alpha value is -1.57. The molecule has 12 heavy (non-hydrogen) atoms. The van der Waals surface area contributed by atoms with E-state index in [9.17, 15) is 4.79 Å². The molecule has 1 aromatic carbocycles. The number of carbonyl (C=O) groups is 1. The van der Waals surface area contributed by atoms with Gasteiger partial charge in [0.2, 0.25) is 0 Å². The van der Waals surface area contributed by atoms with E-state index in [0.29, 0.717) is 5.69 Å². The Morgan fingerprint density at radius 1 is 1.25 bits per heavy atom. The predicted molar refractivity (Wildman–Crippen MR) is 48.4 cm³/mol. The minimum atomic E-state index is 0.670. The molecule has 0 amide bonds. The van der Waals surface area contributed by atoms with Gasteiger partial charge in [-0.15, -0.1) is 0 Å². The molecule has 2 rings (SSSR count). The first-order valence-electron chi connectivity index (χ1n) is 3.85. The number of hydrogen-bond donors (Lipinski definition) is 1. The molecule has 0 spiro atoms. The molecule has 0 aliphatic carbocycles. The van der Waals surface area contributed by atoms with Crippen molar-refractivity contribution in [2.75, 3.05) is 0 Å². The van der Waals surface area contributed by atoms with E-state index in [1.54, 1.807) is 0 Å². The van der Waals surface area contributed by atoms with Gasteiger partial charge in [0.15, 0.2) is 6.29 Å². The second-order valence-corrected chi connectivity index (χ2v) is 2.83. The average molecular weight is 159 g/mol. The van der Waals surface area contributed by atoms with Crippen LogP contribution in [0.4, 0.5) is 0 Å². The molecule has 1 aromatic heterocycles. The van der Waals surface area contributed by atoms with E-state index in [4.69, 9.17) is 0 Å². The highest BCUT2D eigenvalue weighted by molar-refractivity contribution is 5.98. The van der Waals surface area contributed by atoms with Crippen molar-refractivity contribution in [1.29, 1.82) is 0 Å². The van der Waals surface area contributed by atoms with E-state index in [-0.39, 0.29) is 0 Å². The molecule has 1 N–H and O–H groups in total. The van der Waals surface area contributed by atoms with Crippen molar-refractivity contribution < 1.29 is 4.79 Å². The topological polar surface area (TPSA) is 32.9 Å². The molecule has 0 unspecified atom stereocenters. The molecule has 2 nitrogen and oxygen atoms in total. The Kier molecular flexibility index (Phi) is 1.47. The van der Waals surface area contributed by atoms with E-state index in [1.165, 1.54) is 0 Å². The zero-order valence-corrected chi connectivity index (χ0v) is 6.79. The molecular formula is C10H9NO. The molecule has 0 bridgehead atoms. The van der Waals surface area contributed by atoms with Crippen LogP contribution in [0.1, 0.15) is 16.2 Å². The SMILES string of the molecule is Cc1[nH]c(C=O)c2ccccc12. The summed E-state index contributed by atoms with van der Waals surface area (Å²) in [5.41, 5.74) is 1.72. The van der Waals surface area contributed by atoms with Gasteiger partial charge in [0.25, 0.3) is 0 Å². The van der Waals surface area contributed by atoms with Crippen molar-refractivity contribution in [1.82, 2.24) is 4.98 Å². The molecule has 0 aliphatic rings. The molecule has 0 saturated heterocycles. The summed E-state index contributed by atoms with van der Waals surface area (Å²) < 4.78 is 0. The normalized spacial score (nSPS) is 10.4. The number of H-pyrrole nitrogens is 1. The van der Waals surface area contributed by atoms with Crippen LogP contribution in [-0.2, 0) is 0 Å². The quantitative estimate of drug-likeness (QED) is 0.636. The maximum Gasteiger partial charge on any atom is 0.166 e. The highest BCUT2D eigenvalue weighted by Crippen LogP contribution is 2.20. The van der Waals surface area contributed by atoms with Gasteiger partial charge in [-0.25, -0.2) is 0 Å². The Morgan fingerprint density at radius 2 is 1.92 bits per heavy atom. The maximum absolute atomic E-state index is 10.6. The third-order valence-corrected chi connectivity index (χ3v) is 2.06. The summed E-state index contributed by atoms with van der Waals surface area (Å²) in [4.78, 5) is 13.6. The van der Waals surface area contributed by atoms with Crippen molar-refractivity contribution in [2.45, 2.75) is 6.92 Å². The summed E-state index contributed by atoms with van der Waals surface area (Å²) in [6.07, 6.45) is 0.856.